The van der Waals surface area contributed by atoms with Gasteiger partial charge in [-0.3, -0.25) is 4.55 Å². The predicted molar refractivity (Wildman–Crippen MR) is 78.9 cm³/mol. The highest BCUT2D eigenvalue weighted by Gasteiger charge is 2.14. The van der Waals surface area contributed by atoms with Crippen molar-refractivity contribution in [3.05, 3.63) is 71.8 Å². The standard InChI is InChI=1S/C15H17NO3S/c17-20(18,19)16-12-11-15(13-7-3-1-4-8-13)14-9-5-2-6-10-14/h1-10,15-16H,11-12H2,(H,17,18,19). The molecule has 0 unspecified atom stereocenters. The van der Waals surface area contributed by atoms with Crippen molar-refractivity contribution in [3.63, 3.8) is 0 Å². The summed E-state index contributed by atoms with van der Waals surface area (Å²) in [5.41, 5.74) is 2.24. The third-order valence-corrected chi connectivity index (χ3v) is 3.69. The van der Waals surface area contributed by atoms with E-state index < -0.39 is 10.3 Å². The maximum Gasteiger partial charge on any atom is 0.333 e. The summed E-state index contributed by atoms with van der Waals surface area (Å²) in [6.45, 7) is 0.188. The topological polar surface area (TPSA) is 66.4 Å². The van der Waals surface area contributed by atoms with E-state index in [0.717, 1.165) is 11.1 Å². The fourth-order valence-corrected chi connectivity index (χ4v) is 2.60. The molecule has 0 radical (unpaired) electrons. The van der Waals surface area contributed by atoms with Crippen LogP contribution >= 0.6 is 0 Å². The number of hydrogen-bond donors (Lipinski definition) is 2. The summed E-state index contributed by atoms with van der Waals surface area (Å²) in [6, 6.07) is 19.8. The van der Waals surface area contributed by atoms with Gasteiger partial charge >= 0.3 is 10.3 Å². The van der Waals surface area contributed by atoms with Gasteiger partial charge in [-0.05, 0) is 17.5 Å². The largest absolute Gasteiger partial charge is 0.333 e. The second kappa shape index (κ2) is 6.65. The number of rotatable bonds is 6. The molecule has 0 saturated carbocycles. The summed E-state index contributed by atoms with van der Waals surface area (Å²) in [5, 5.41) is 0. The molecule has 0 bridgehead atoms. The van der Waals surface area contributed by atoms with Crippen molar-refractivity contribution in [2.45, 2.75) is 12.3 Å². The Morgan fingerprint density at radius 3 is 1.75 bits per heavy atom. The van der Waals surface area contributed by atoms with E-state index in [1.54, 1.807) is 0 Å². The zero-order valence-electron chi connectivity index (χ0n) is 10.9. The van der Waals surface area contributed by atoms with Crippen molar-refractivity contribution in [1.82, 2.24) is 4.72 Å². The van der Waals surface area contributed by atoms with Crippen molar-refractivity contribution in [2.75, 3.05) is 6.54 Å². The van der Waals surface area contributed by atoms with E-state index in [1.165, 1.54) is 0 Å². The van der Waals surface area contributed by atoms with E-state index in [1.807, 2.05) is 60.7 Å². The van der Waals surface area contributed by atoms with Crippen molar-refractivity contribution >= 4 is 10.3 Å². The van der Waals surface area contributed by atoms with Gasteiger partial charge < -0.3 is 0 Å². The molecule has 0 saturated heterocycles. The zero-order chi connectivity index (χ0) is 14.4. The molecule has 0 spiro atoms. The van der Waals surface area contributed by atoms with Crippen LogP contribution in [0.2, 0.25) is 0 Å². The molecule has 0 aliphatic rings. The van der Waals surface area contributed by atoms with Gasteiger partial charge in [0.1, 0.15) is 0 Å². The minimum atomic E-state index is -4.13. The van der Waals surface area contributed by atoms with Gasteiger partial charge in [-0.15, -0.1) is 0 Å². The van der Waals surface area contributed by atoms with E-state index in [0.29, 0.717) is 6.42 Å². The van der Waals surface area contributed by atoms with Crippen LogP contribution in [0.4, 0.5) is 0 Å². The summed E-state index contributed by atoms with van der Waals surface area (Å²) in [6.07, 6.45) is 0.577. The van der Waals surface area contributed by atoms with Crippen molar-refractivity contribution in [2.24, 2.45) is 0 Å². The molecule has 4 nitrogen and oxygen atoms in total. The van der Waals surface area contributed by atoms with Crippen LogP contribution in [0, 0.1) is 0 Å². The molecule has 0 aliphatic heterocycles. The molecule has 2 rings (SSSR count). The quantitative estimate of drug-likeness (QED) is 0.804. The smallest absolute Gasteiger partial charge is 0.273 e. The van der Waals surface area contributed by atoms with Gasteiger partial charge in [0.25, 0.3) is 0 Å². The molecule has 20 heavy (non-hydrogen) atoms. The second-order valence-electron chi connectivity index (χ2n) is 4.53. The Balaban J connectivity index is 2.17. The van der Waals surface area contributed by atoms with Crippen LogP contribution in [0.1, 0.15) is 23.5 Å². The maximum absolute atomic E-state index is 10.7. The van der Waals surface area contributed by atoms with Crippen molar-refractivity contribution in [1.29, 1.82) is 0 Å². The lowest BCUT2D eigenvalue weighted by Crippen LogP contribution is -2.25. The van der Waals surface area contributed by atoms with Gasteiger partial charge in [-0.1, -0.05) is 60.7 Å². The van der Waals surface area contributed by atoms with Crippen molar-refractivity contribution in [3.8, 4) is 0 Å². The first-order valence-corrected chi connectivity index (χ1v) is 7.82. The Bertz CT molecular complexity index is 587. The van der Waals surface area contributed by atoms with Crippen LogP contribution in [0.15, 0.2) is 60.7 Å². The monoisotopic (exact) mass is 291 g/mol. The Kier molecular flexibility index (Phi) is 4.89. The summed E-state index contributed by atoms with van der Waals surface area (Å²) in [4.78, 5) is 0. The Morgan fingerprint density at radius 1 is 0.900 bits per heavy atom. The van der Waals surface area contributed by atoms with Gasteiger partial charge in [-0.25, -0.2) is 0 Å². The zero-order valence-corrected chi connectivity index (χ0v) is 11.8. The molecule has 2 aromatic carbocycles. The highest BCUT2D eigenvalue weighted by Crippen LogP contribution is 2.27. The Hall–Kier alpha value is -1.69. The summed E-state index contributed by atoms with van der Waals surface area (Å²) in [5.74, 6) is 0.0895. The number of nitrogens with one attached hydrogen (secondary N) is 1. The molecule has 0 aliphatic carbocycles. The first kappa shape index (κ1) is 14.7. The molecular weight excluding hydrogens is 274 g/mol. The van der Waals surface area contributed by atoms with Gasteiger partial charge in [-0.2, -0.15) is 13.1 Å². The lowest BCUT2D eigenvalue weighted by atomic mass is 9.89. The molecule has 2 aromatic rings. The van der Waals surface area contributed by atoms with E-state index in [9.17, 15) is 8.42 Å². The molecule has 0 amide bonds. The van der Waals surface area contributed by atoms with Gasteiger partial charge in [0, 0.05) is 12.5 Å². The third kappa shape index (κ3) is 4.45. The van der Waals surface area contributed by atoms with Gasteiger partial charge in [0.2, 0.25) is 0 Å². The normalized spacial score (nSPS) is 11.7. The Labute approximate surface area is 119 Å². The second-order valence-corrected chi connectivity index (χ2v) is 5.77. The van der Waals surface area contributed by atoms with E-state index in [4.69, 9.17) is 4.55 Å². The fraction of sp³-hybridized carbons (Fsp3) is 0.200. The van der Waals surface area contributed by atoms with E-state index in [-0.39, 0.29) is 12.5 Å². The molecule has 2 N–H and O–H groups in total. The molecular formula is C15H17NO3S. The molecule has 5 heteroatoms. The molecule has 0 heterocycles. The lowest BCUT2D eigenvalue weighted by Gasteiger charge is -2.18. The van der Waals surface area contributed by atoms with E-state index in [2.05, 4.69) is 4.72 Å². The highest BCUT2D eigenvalue weighted by atomic mass is 32.2. The van der Waals surface area contributed by atoms with Crippen LogP contribution in [0.25, 0.3) is 0 Å². The summed E-state index contributed by atoms with van der Waals surface area (Å²) in [7, 11) is -4.13. The lowest BCUT2D eigenvalue weighted by molar-refractivity contribution is 0.465. The van der Waals surface area contributed by atoms with Gasteiger partial charge in [0.05, 0.1) is 0 Å². The number of benzene rings is 2. The van der Waals surface area contributed by atoms with Crippen LogP contribution in [-0.2, 0) is 10.3 Å². The first-order valence-electron chi connectivity index (χ1n) is 6.38. The number of hydrogen-bond acceptors (Lipinski definition) is 2. The average Bonchev–Trinajstić information content (AvgIpc) is 2.44. The average molecular weight is 291 g/mol. The SMILES string of the molecule is O=S(=O)(O)NCCC(c1ccccc1)c1ccccc1. The van der Waals surface area contributed by atoms with Gasteiger partial charge in [0.15, 0.2) is 0 Å². The minimum Gasteiger partial charge on any atom is -0.273 e. The Morgan fingerprint density at radius 2 is 1.35 bits per heavy atom. The maximum atomic E-state index is 10.7. The fourth-order valence-electron chi connectivity index (χ4n) is 2.23. The molecule has 0 atom stereocenters. The highest BCUT2D eigenvalue weighted by molar-refractivity contribution is 7.83. The minimum absolute atomic E-state index is 0.0895. The van der Waals surface area contributed by atoms with Crippen LogP contribution in [0.3, 0.4) is 0 Å². The third-order valence-electron chi connectivity index (χ3n) is 3.12. The molecule has 0 fully saturated rings. The van der Waals surface area contributed by atoms with Crippen LogP contribution in [0.5, 0.6) is 0 Å². The summed E-state index contributed by atoms with van der Waals surface area (Å²) >= 11 is 0. The summed E-state index contributed by atoms with van der Waals surface area (Å²) < 4.78 is 32.3. The van der Waals surface area contributed by atoms with Crippen LogP contribution in [-0.4, -0.2) is 19.5 Å². The first-order chi connectivity index (χ1) is 9.56. The van der Waals surface area contributed by atoms with Crippen molar-refractivity contribution < 1.29 is 13.0 Å². The van der Waals surface area contributed by atoms with Crippen LogP contribution < -0.4 is 4.72 Å². The van der Waals surface area contributed by atoms with E-state index >= 15 is 0 Å². The molecule has 0 aromatic heterocycles. The molecule has 106 valence electrons. The predicted octanol–water partition coefficient (Wildman–Crippen LogP) is 2.60.